The summed E-state index contributed by atoms with van der Waals surface area (Å²) < 4.78 is 12.4. The molecule has 17 heavy (non-hydrogen) atoms. The summed E-state index contributed by atoms with van der Waals surface area (Å²) >= 11 is 3.37. The highest BCUT2D eigenvalue weighted by Gasteiger charge is 2.42. The Kier molecular flexibility index (Phi) is 2.71. The van der Waals surface area contributed by atoms with Crippen LogP contribution in [-0.4, -0.2) is 24.6 Å². The van der Waals surface area contributed by atoms with Crippen molar-refractivity contribution in [1.82, 2.24) is 0 Å². The Morgan fingerprint density at radius 2 is 2.24 bits per heavy atom. The first-order valence-electron chi connectivity index (χ1n) is 5.78. The van der Waals surface area contributed by atoms with Gasteiger partial charge in [-0.2, -0.15) is 0 Å². The van der Waals surface area contributed by atoms with E-state index < -0.39 is 5.60 Å². The summed E-state index contributed by atoms with van der Waals surface area (Å²) in [4.78, 5) is 12.2. The minimum atomic E-state index is -0.420. The van der Waals surface area contributed by atoms with Crippen molar-refractivity contribution >= 4 is 21.7 Å². The van der Waals surface area contributed by atoms with Crippen molar-refractivity contribution < 1.29 is 14.3 Å². The molecule has 0 radical (unpaired) electrons. The van der Waals surface area contributed by atoms with Crippen LogP contribution < -0.4 is 4.74 Å². The molecule has 2 heterocycles. The number of carbonyl (C=O) groups excluding carboxylic acids is 1. The van der Waals surface area contributed by atoms with E-state index in [2.05, 4.69) is 15.9 Å². The average molecular weight is 297 g/mol. The van der Waals surface area contributed by atoms with Crippen LogP contribution in [0, 0.1) is 0 Å². The molecule has 2 aliphatic rings. The monoisotopic (exact) mass is 296 g/mol. The molecule has 1 unspecified atom stereocenters. The minimum Gasteiger partial charge on any atom is -0.484 e. The number of hydrogen-bond donors (Lipinski definition) is 0. The van der Waals surface area contributed by atoms with Gasteiger partial charge in [-0.15, -0.1) is 0 Å². The number of ether oxygens (including phenoxy) is 2. The van der Waals surface area contributed by atoms with Gasteiger partial charge in [-0.1, -0.05) is 15.9 Å². The number of Topliss-reactive ketones (excluding diaryl/α,β-unsaturated/α-hetero) is 1. The Balaban J connectivity index is 1.97. The number of fused-ring (bicyclic) bond motifs is 1. The molecule has 0 bridgehead atoms. The van der Waals surface area contributed by atoms with E-state index in [9.17, 15) is 4.79 Å². The third-order valence-corrected chi connectivity index (χ3v) is 3.83. The normalized spacial score (nSPS) is 27.7. The lowest BCUT2D eigenvalue weighted by molar-refractivity contribution is -0.0715. The zero-order valence-corrected chi connectivity index (χ0v) is 11.0. The summed E-state index contributed by atoms with van der Waals surface area (Å²) in [6.45, 7) is 1.29. The largest absolute Gasteiger partial charge is 0.484 e. The number of rotatable bonds is 0. The Labute approximate surface area is 108 Å². The second-order valence-corrected chi connectivity index (χ2v) is 5.60. The van der Waals surface area contributed by atoms with Gasteiger partial charge in [0.2, 0.25) is 0 Å². The molecule has 90 valence electrons. The van der Waals surface area contributed by atoms with Crippen LogP contribution in [0.1, 0.15) is 29.6 Å². The van der Waals surface area contributed by atoms with Gasteiger partial charge >= 0.3 is 0 Å². The maximum atomic E-state index is 12.2. The number of carbonyl (C=O) groups is 1. The van der Waals surface area contributed by atoms with Crippen LogP contribution in [0.25, 0.3) is 0 Å². The topological polar surface area (TPSA) is 35.5 Å². The van der Waals surface area contributed by atoms with Gasteiger partial charge in [0.15, 0.2) is 5.78 Å². The fourth-order valence-electron chi connectivity index (χ4n) is 2.51. The van der Waals surface area contributed by atoms with Crippen LogP contribution in [0.4, 0.5) is 0 Å². The molecule has 1 aromatic carbocycles. The number of benzene rings is 1. The van der Waals surface area contributed by atoms with E-state index in [0.29, 0.717) is 24.3 Å². The molecule has 1 atom stereocenters. The lowest BCUT2D eigenvalue weighted by atomic mass is 9.86. The Hall–Kier alpha value is -0.870. The van der Waals surface area contributed by atoms with E-state index in [-0.39, 0.29) is 5.78 Å². The molecule has 0 aliphatic carbocycles. The Morgan fingerprint density at radius 3 is 3.00 bits per heavy atom. The summed E-state index contributed by atoms with van der Waals surface area (Å²) in [6.07, 6.45) is 2.28. The van der Waals surface area contributed by atoms with Crippen molar-refractivity contribution in [2.75, 3.05) is 13.2 Å². The molecule has 0 aromatic heterocycles. The predicted molar refractivity (Wildman–Crippen MR) is 66.5 cm³/mol. The SMILES string of the molecule is O=C1CC2(CCCOC2)Oc2ccc(Br)cc21. The highest BCUT2D eigenvalue weighted by Crippen LogP contribution is 2.38. The Bertz CT molecular complexity index is 464. The van der Waals surface area contributed by atoms with Crippen molar-refractivity contribution in [3.8, 4) is 5.75 Å². The number of halogens is 1. The van der Waals surface area contributed by atoms with E-state index in [1.807, 2.05) is 18.2 Å². The summed E-state index contributed by atoms with van der Waals surface area (Å²) in [7, 11) is 0. The third kappa shape index (κ3) is 2.00. The standard InChI is InChI=1S/C13H13BrO3/c14-9-2-3-12-10(6-9)11(15)7-13(17-12)4-1-5-16-8-13/h2-3,6H,1,4-5,7-8H2. The van der Waals surface area contributed by atoms with Crippen molar-refractivity contribution in [2.45, 2.75) is 24.9 Å². The molecule has 3 rings (SSSR count). The lowest BCUT2D eigenvalue weighted by Crippen LogP contribution is -2.48. The average Bonchev–Trinajstić information content (AvgIpc) is 2.31. The zero-order chi connectivity index (χ0) is 11.9. The summed E-state index contributed by atoms with van der Waals surface area (Å²) in [5.74, 6) is 0.841. The van der Waals surface area contributed by atoms with Crippen molar-refractivity contribution in [2.24, 2.45) is 0 Å². The molecule has 0 saturated carbocycles. The van der Waals surface area contributed by atoms with Gasteiger partial charge in [-0.05, 0) is 31.0 Å². The molecule has 1 fully saturated rings. The smallest absolute Gasteiger partial charge is 0.170 e. The van der Waals surface area contributed by atoms with E-state index >= 15 is 0 Å². The summed E-state index contributed by atoms with van der Waals surface area (Å²) in [6, 6.07) is 5.58. The fraction of sp³-hybridized carbons (Fsp3) is 0.462. The highest BCUT2D eigenvalue weighted by molar-refractivity contribution is 9.10. The van der Waals surface area contributed by atoms with Gasteiger partial charge in [-0.3, -0.25) is 4.79 Å². The van der Waals surface area contributed by atoms with Crippen molar-refractivity contribution in [3.05, 3.63) is 28.2 Å². The van der Waals surface area contributed by atoms with Gasteiger partial charge in [0.1, 0.15) is 11.4 Å². The molecule has 1 spiro atoms. The molecule has 0 N–H and O–H groups in total. The molecule has 1 aromatic rings. The predicted octanol–water partition coefficient (Wildman–Crippen LogP) is 2.96. The maximum absolute atomic E-state index is 12.2. The molecule has 3 nitrogen and oxygen atoms in total. The quantitative estimate of drug-likeness (QED) is 0.738. The van der Waals surface area contributed by atoms with Gasteiger partial charge in [0, 0.05) is 11.1 Å². The first-order chi connectivity index (χ1) is 8.19. The fourth-order valence-corrected chi connectivity index (χ4v) is 2.87. The van der Waals surface area contributed by atoms with Crippen LogP contribution in [0.5, 0.6) is 5.75 Å². The number of hydrogen-bond acceptors (Lipinski definition) is 3. The lowest BCUT2D eigenvalue weighted by Gasteiger charge is -2.40. The highest BCUT2D eigenvalue weighted by atomic mass is 79.9. The second-order valence-electron chi connectivity index (χ2n) is 4.68. The van der Waals surface area contributed by atoms with Crippen LogP contribution >= 0.6 is 15.9 Å². The first kappa shape index (κ1) is 11.2. The molecule has 1 saturated heterocycles. The van der Waals surface area contributed by atoms with E-state index in [1.54, 1.807) is 0 Å². The van der Waals surface area contributed by atoms with Crippen LogP contribution in [0.2, 0.25) is 0 Å². The van der Waals surface area contributed by atoms with Crippen LogP contribution in [0.15, 0.2) is 22.7 Å². The maximum Gasteiger partial charge on any atom is 0.170 e. The molecule has 4 heteroatoms. The minimum absolute atomic E-state index is 0.151. The van der Waals surface area contributed by atoms with Crippen LogP contribution in [0.3, 0.4) is 0 Å². The molecular formula is C13H13BrO3. The third-order valence-electron chi connectivity index (χ3n) is 3.34. The summed E-state index contributed by atoms with van der Waals surface area (Å²) in [5.41, 5.74) is 0.256. The Morgan fingerprint density at radius 1 is 1.35 bits per heavy atom. The molecule has 2 aliphatic heterocycles. The zero-order valence-electron chi connectivity index (χ0n) is 9.37. The summed E-state index contributed by atoms with van der Waals surface area (Å²) in [5, 5.41) is 0. The molecular weight excluding hydrogens is 284 g/mol. The number of ketones is 1. The van der Waals surface area contributed by atoms with Gasteiger partial charge in [-0.25, -0.2) is 0 Å². The molecule has 0 amide bonds. The van der Waals surface area contributed by atoms with Gasteiger partial charge < -0.3 is 9.47 Å². The van der Waals surface area contributed by atoms with Crippen molar-refractivity contribution in [3.63, 3.8) is 0 Å². The van der Waals surface area contributed by atoms with Crippen LogP contribution in [-0.2, 0) is 4.74 Å². The second kappa shape index (κ2) is 4.10. The van der Waals surface area contributed by atoms with Gasteiger partial charge in [0.05, 0.1) is 18.6 Å². The van der Waals surface area contributed by atoms with E-state index in [0.717, 1.165) is 23.9 Å². The van der Waals surface area contributed by atoms with Gasteiger partial charge in [0.25, 0.3) is 0 Å². The van der Waals surface area contributed by atoms with E-state index in [1.165, 1.54) is 0 Å². The van der Waals surface area contributed by atoms with Crippen molar-refractivity contribution in [1.29, 1.82) is 0 Å². The van der Waals surface area contributed by atoms with E-state index in [4.69, 9.17) is 9.47 Å². The first-order valence-corrected chi connectivity index (χ1v) is 6.57.